The summed E-state index contributed by atoms with van der Waals surface area (Å²) >= 11 is 3.40. The number of Topliss-reactive ketones (excluding diaryl/α,β-unsaturated/α-hetero) is 1. The Kier molecular flexibility index (Phi) is 3.25. The summed E-state index contributed by atoms with van der Waals surface area (Å²) in [5.41, 5.74) is 0.963. The highest BCUT2D eigenvalue weighted by molar-refractivity contribution is 9.10. The van der Waals surface area contributed by atoms with Gasteiger partial charge in [-0.25, -0.2) is 0 Å². The number of benzene rings is 1. The standard InChI is InChI=1S/C13H11BrO2/c1-2-11(15)13-7-6-12(16-13)9-4-3-5-10(14)8-9/h3-8H,2H2,1H3. The molecule has 82 valence electrons. The van der Waals surface area contributed by atoms with E-state index in [2.05, 4.69) is 15.9 Å². The first-order valence-electron chi connectivity index (χ1n) is 5.09. The first-order chi connectivity index (χ1) is 7.70. The zero-order valence-corrected chi connectivity index (χ0v) is 10.5. The molecule has 2 aromatic rings. The number of carbonyl (C=O) groups excluding carboxylic acids is 1. The van der Waals surface area contributed by atoms with Crippen LogP contribution in [0.1, 0.15) is 23.9 Å². The first-order valence-corrected chi connectivity index (χ1v) is 5.89. The normalized spacial score (nSPS) is 10.4. The molecule has 0 aliphatic heterocycles. The predicted octanol–water partition coefficient (Wildman–Crippen LogP) is 4.30. The molecule has 0 amide bonds. The second-order valence-corrected chi connectivity index (χ2v) is 4.37. The number of halogens is 1. The predicted molar refractivity (Wildman–Crippen MR) is 66.5 cm³/mol. The van der Waals surface area contributed by atoms with Crippen LogP contribution in [-0.4, -0.2) is 5.78 Å². The van der Waals surface area contributed by atoms with Gasteiger partial charge in [0.2, 0.25) is 0 Å². The third-order valence-corrected chi connectivity index (χ3v) is 2.80. The molecule has 0 fully saturated rings. The summed E-state index contributed by atoms with van der Waals surface area (Å²) in [6.07, 6.45) is 0.464. The maximum Gasteiger partial charge on any atom is 0.197 e. The molecular formula is C13H11BrO2. The van der Waals surface area contributed by atoms with Gasteiger partial charge in [-0.15, -0.1) is 0 Å². The van der Waals surface area contributed by atoms with Gasteiger partial charge in [0, 0.05) is 16.5 Å². The second-order valence-electron chi connectivity index (χ2n) is 3.45. The fraction of sp³-hybridized carbons (Fsp3) is 0.154. The summed E-state index contributed by atoms with van der Waals surface area (Å²) in [4.78, 5) is 11.4. The Morgan fingerprint density at radius 1 is 1.31 bits per heavy atom. The largest absolute Gasteiger partial charge is 0.453 e. The van der Waals surface area contributed by atoms with Gasteiger partial charge in [-0.05, 0) is 24.3 Å². The van der Waals surface area contributed by atoms with E-state index in [4.69, 9.17) is 4.42 Å². The van der Waals surface area contributed by atoms with E-state index in [1.165, 1.54) is 0 Å². The van der Waals surface area contributed by atoms with Crippen molar-refractivity contribution < 1.29 is 9.21 Å². The van der Waals surface area contributed by atoms with E-state index in [-0.39, 0.29) is 5.78 Å². The van der Waals surface area contributed by atoms with Crippen LogP contribution in [0.2, 0.25) is 0 Å². The molecule has 16 heavy (non-hydrogen) atoms. The van der Waals surface area contributed by atoms with Crippen molar-refractivity contribution in [3.05, 3.63) is 46.6 Å². The van der Waals surface area contributed by atoms with E-state index < -0.39 is 0 Å². The Labute approximate surface area is 102 Å². The van der Waals surface area contributed by atoms with Gasteiger partial charge in [0.05, 0.1) is 0 Å². The maximum atomic E-state index is 11.4. The van der Waals surface area contributed by atoms with Crippen LogP contribution in [0, 0.1) is 0 Å². The smallest absolute Gasteiger partial charge is 0.197 e. The summed E-state index contributed by atoms with van der Waals surface area (Å²) in [5, 5.41) is 0. The van der Waals surface area contributed by atoms with Crippen LogP contribution in [0.15, 0.2) is 45.3 Å². The van der Waals surface area contributed by atoms with Gasteiger partial charge in [-0.2, -0.15) is 0 Å². The van der Waals surface area contributed by atoms with E-state index in [0.29, 0.717) is 12.2 Å². The third kappa shape index (κ3) is 2.25. The molecule has 1 aromatic heterocycles. The van der Waals surface area contributed by atoms with Gasteiger partial charge >= 0.3 is 0 Å². The summed E-state index contributed by atoms with van der Waals surface area (Å²) in [6, 6.07) is 11.3. The van der Waals surface area contributed by atoms with Gasteiger partial charge in [-0.1, -0.05) is 35.0 Å². The lowest BCUT2D eigenvalue weighted by atomic mass is 10.2. The third-order valence-electron chi connectivity index (χ3n) is 2.31. The Morgan fingerprint density at radius 3 is 2.81 bits per heavy atom. The fourth-order valence-corrected chi connectivity index (χ4v) is 1.86. The highest BCUT2D eigenvalue weighted by atomic mass is 79.9. The Morgan fingerprint density at radius 2 is 2.12 bits per heavy atom. The van der Waals surface area contributed by atoms with Crippen molar-refractivity contribution in [2.24, 2.45) is 0 Å². The molecule has 0 unspecified atom stereocenters. The molecule has 0 saturated heterocycles. The van der Waals surface area contributed by atoms with E-state index in [0.717, 1.165) is 15.8 Å². The molecular weight excluding hydrogens is 268 g/mol. The molecule has 0 atom stereocenters. The van der Waals surface area contributed by atoms with E-state index >= 15 is 0 Å². The number of ketones is 1. The molecule has 2 rings (SSSR count). The Hall–Kier alpha value is -1.35. The summed E-state index contributed by atoms with van der Waals surface area (Å²) in [6.45, 7) is 1.82. The van der Waals surface area contributed by atoms with Crippen LogP contribution in [0.25, 0.3) is 11.3 Å². The minimum Gasteiger partial charge on any atom is -0.453 e. The molecule has 0 aliphatic rings. The second kappa shape index (κ2) is 4.66. The SMILES string of the molecule is CCC(=O)c1ccc(-c2cccc(Br)c2)o1. The number of furan rings is 1. The van der Waals surface area contributed by atoms with Crippen molar-refractivity contribution in [2.45, 2.75) is 13.3 Å². The summed E-state index contributed by atoms with van der Waals surface area (Å²) in [7, 11) is 0. The van der Waals surface area contributed by atoms with Crippen LogP contribution in [-0.2, 0) is 0 Å². The zero-order chi connectivity index (χ0) is 11.5. The van der Waals surface area contributed by atoms with Crippen LogP contribution in [0.5, 0.6) is 0 Å². The number of hydrogen-bond donors (Lipinski definition) is 0. The van der Waals surface area contributed by atoms with Crippen molar-refractivity contribution in [2.75, 3.05) is 0 Å². The van der Waals surface area contributed by atoms with E-state index in [9.17, 15) is 4.79 Å². The van der Waals surface area contributed by atoms with Crippen molar-refractivity contribution in [3.8, 4) is 11.3 Å². The number of rotatable bonds is 3. The molecule has 3 heteroatoms. The van der Waals surface area contributed by atoms with Gasteiger partial charge in [0.15, 0.2) is 11.5 Å². The minimum absolute atomic E-state index is 0.0289. The molecule has 0 bridgehead atoms. The van der Waals surface area contributed by atoms with Gasteiger partial charge in [-0.3, -0.25) is 4.79 Å². The van der Waals surface area contributed by atoms with Gasteiger partial charge < -0.3 is 4.42 Å². The first kappa shape index (κ1) is 11.1. The molecule has 0 saturated carbocycles. The molecule has 0 aliphatic carbocycles. The average molecular weight is 279 g/mol. The fourth-order valence-electron chi connectivity index (χ4n) is 1.46. The molecule has 1 heterocycles. The molecule has 2 nitrogen and oxygen atoms in total. The lowest BCUT2D eigenvalue weighted by molar-refractivity contribution is 0.0962. The minimum atomic E-state index is 0.0289. The molecule has 0 spiro atoms. The topological polar surface area (TPSA) is 30.2 Å². The maximum absolute atomic E-state index is 11.4. The zero-order valence-electron chi connectivity index (χ0n) is 8.87. The lowest BCUT2D eigenvalue weighted by Gasteiger charge is -1.97. The lowest BCUT2D eigenvalue weighted by Crippen LogP contribution is -1.92. The summed E-state index contributed by atoms with van der Waals surface area (Å²) in [5.74, 6) is 1.18. The van der Waals surface area contributed by atoms with Crippen molar-refractivity contribution >= 4 is 21.7 Å². The Bertz CT molecular complexity index is 514. The van der Waals surface area contributed by atoms with Gasteiger partial charge in [0.25, 0.3) is 0 Å². The average Bonchev–Trinajstić information content (AvgIpc) is 2.77. The number of hydrogen-bond acceptors (Lipinski definition) is 2. The summed E-state index contributed by atoms with van der Waals surface area (Å²) < 4.78 is 6.50. The molecule has 1 aromatic carbocycles. The highest BCUT2D eigenvalue weighted by Gasteiger charge is 2.10. The quantitative estimate of drug-likeness (QED) is 0.784. The molecule has 0 radical (unpaired) electrons. The van der Waals surface area contributed by atoms with Crippen LogP contribution in [0.4, 0.5) is 0 Å². The van der Waals surface area contributed by atoms with E-state index in [1.54, 1.807) is 6.07 Å². The van der Waals surface area contributed by atoms with Crippen molar-refractivity contribution in [1.82, 2.24) is 0 Å². The molecule has 0 N–H and O–H groups in total. The van der Waals surface area contributed by atoms with Crippen molar-refractivity contribution in [3.63, 3.8) is 0 Å². The monoisotopic (exact) mass is 278 g/mol. The highest BCUT2D eigenvalue weighted by Crippen LogP contribution is 2.25. The van der Waals surface area contributed by atoms with Crippen LogP contribution in [0.3, 0.4) is 0 Å². The van der Waals surface area contributed by atoms with E-state index in [1.807, 2.05) is 37.3 Å². The van der Waals surface area contributed by atoms with Gasteiger partial charge in [0.1, 0.15) is 5.76 Å². The van der Waals surface area contributed by atoms with Crippen molar-refractivity contribution in [1.29, 1.82) is 0 Å². The van der Waals surface area contributed by atoms with Crippen LogP contribution < -0.4 is 0 Å². The Balaban J connectivity index is 2.35. The van der Waals surface area contributed by atoms with Crippen LogP contribution >= 0.6 is 15.9 Å². The number of carbonyl (C=O) groups is 1.